The first kappa shape index (κ1) is 19.1. The van der Waals surface area contributed by atoms with Gasteiger partial charge in [-0.1, -0.05) is 60.7 Å². The van der Waals surface area contributed by atoms with Gasteiger partial charge < -0.3 is 9.32 Å². The maximum atomic E-state index is 12.6. The summed E-state index contributed by atoms with van der Waals surface area (Å²) >= 11 is 0. The summed E-state index contributed by atoms with van der Waals surface area (Å²) in [5.74, 6) is 1.57. The Hall–Kier alpha value is -3.21. The van der Waals surface area contributed by atoms with Crippen LogP contribution in [-0.4, -0.2) is 34.7 Å². The summed E-state index contributed by atoms with van der Waals surface area (Å²) in [4.78, 5) is 31.3. The van der Waals surface area contributed by atoms with E-state index in [-0.39, 0.29) is 17.6 Å². The highest BCUT2D eigenvalue weighted by Gasteiger charge is 2.27. The quantitative estimate of drug-likeness (QED) is 0.587. The molecule has 0 radical (unpaired) electrons. The molecule has 1 saturated heterocycles. The number of oxazole rings is 1. The first-order chi connectivity index (χ1) is 14.2. The van der Waals surface area contributed by atoms with E-state index in [0.29, 0.717) is 37.6 Å². The predicted octanol–water partition coefficient (Wildman–Crippen LogP) is 4.40. The molecule has 0 bridgehead atoms. The van der Waals surface area contributed by atoms with Gasteiger partial charge in [0, 0.05) is 43.0 Å². The molecule has 2 heterocycles. The van der Waals surface area contributed by atoms with Crippen LogP contribution in [0.25, 0.3) is 11.3 Å². The molecule has 5 heteroatoms. The van der Waals surface area contributed by atoms with Crippen molar-refractivity contribution in [3.63, 3.8) is 0 Å². The highest BCUT2D eigenvalue weighted by molar-refractivity contribution is 5.98. The molecule has 1 aliphatic heterocycles. The third-order valence-electron chi connectivity index (χ3n) is 5.44. The topological polar surface area (TPSA) is 63.4 Å². The average Bonchev–Trinajstić information content (AvgIpc) is 3.27. The molecule has 1 aromatic heterocycles. The number of rotatable bonds is 6. The Morgan fingerprint density at radius 1 is 0.966 bits per heavy atom. The lowest BCUT2D eigenvalue weighted by Gasteiger charge is -2.31. The zero-order valence-electron chi connectivity index (χ0n) is 16.3. The Kier molecular flexibility index (Phi) is 5.84. The van der Waals surface area contributed by atoms with Crippen molar-refractivity contribution < 1.29 is 14.0 Å². The van der Waals surface area contributed by atoms with E-state index in [2.05, 4.69) is 4.98 Å². The van der Waals surface area contributed by atoms with Gasteiger partial charge in [0.25, 0.3) is 0 Å². The van der Waals surface area contributed by atoms with Crippen molar-refractivity contribution in [1.29, 1.82) is 0 Å². The Morgan fingerprint density at radius 2 is 1.62 bits per heavy atom. The molecule has 0 spiro atoms. The summed E-state index contributed by atoms with van der Waals surface area (Å²) in [5.41, 5.74) is 1.73. The summed E-state index contributed by atoms with van der Waals surface area (Å²) in [6, 6.07) is 19.2. The van der Waals surface area contributed by atoms with Crippen molar-refractivity contribution in [2.75, 3.05) is 13.1 Å². The molecular weight excluding hydrogens is 364 g/mol. The molecule has 148 valence electrons. The zero-order chi connectivity index (χ0) is 20.1. The van der Waals surface area contributed by atoms with Crippen molar-refractivity contribution in [1.82, 2.24) is 9.88 Å². The number of benzene rings is 2. The van der Waals surface area contributed by atoms with Crippen LogP contribution in [0, 0.1) is 5.92 Å². The van der Waals surface area contributed by atoms with Gasteiger partial charge in [0.2, 0.25) is 5.91 Å². The Labute approximate surface area is 170 Å². The molecule has 0 saturated carbocycles. The fraction of sp³-hybridized carbons (Fsp3) is 0.292. The zero-order valence-corrected chi connectivity index (χ0v) is 16.3. The molecule has 4 rings (SSSR count). The number of aryl methyl sites for hydroxylation is 1. The van der Waals surface area contributed by atoms with Gasteiger partial charge in [-0.15, -0.1) is 0 Å². The third-order valence-corrected chi connectivity index (χ3v) is 5.44. The maximum absolute atomic E-state index is 12.6. The summed E-state index contributed by atoms with van der Waals surface area (Å²) in [7, 11) is 0. The smallest absolute Gasteiger partial charge is 0.223 e. The monoisotopic (exact) mass is 388 g/mol. The normalized spacial score (nSPS) is 14.7. The van der Waals surface area contributed by atoms with Crippen molar-refractivity contribution in [3.8, 4) is 11.3 Å². The number of hydrogen-bond donors (Lipinski definition) is 0. The van der Waals surface area contributed by atoms with Crippen molar-refractivity contribution in [3.05, 3.63) is 78.3 Å². The van der Waals surface area contributed by atoms with Crippen molar-refractivity contribution in [2.24, 2.45) is 5.92 Å². The summed E-state index contributed by atoms with van der Waals surface area (Å²) in [6.07, 6.45) is 3.99. The van der Waals surface area contributed by atoms with E-state index < -0.39 is 0 Å². The van der Waals surface area contributed by atoms with Crippen LogP contribution in [0.1, 0.15) is 35.5 Å². The Balaban J connectivity index is 1.26. The van der Waals surface area contributed by atoms with Gasteiger partial charge in [0.1, 0.15) is 0 Å². The molecule has 0 unspecified atom stereocenters. The van der Waals surface area contributed by atoms with E-state index in [1.54, 1.807) is 6.20 Å². The van der Waals surface area contributed by atoms with Crippen LogP contribution in [0.3, 0.4) is 0 Å². The van der Waals surface area contributed by atoms with Crippen molar-refractivity contribution in [2.45, 2.75) is 25.7 Å². The standard InChI is InChI=1S/C24H24N2O3/c27-23(12-11-22-25-17-21(29-22)18-7-3-1-4-8-18)26-15-13-20(14-16-26)24(28)19-9-5-2-6-10-19/h1-10,17,20H,11-16H2. The summed E-state index contributed by atoms with van der Waals surface area (Å²) < 4.78 is 5.78. The molecule has 1 fully saturated rings. The molecule has 0 aliphatic carbocycles. The first-order valence-corrected chi connectivity index (χ1v) is 10.1. The summed E-state index contributed by atoms with van der Waals surface area (Å²) in [5, 5.41) is 0. The molecular formula is C24H24N2O3. The van der Waals surface area contributed by atoms with Gasteiger partial charge in [-0.25, -0.2) is 4.98 Å². The van der Waals surface area contributed by atoms with Gasteiger partial charge in [-0.3, -0.25) is 9.59 Å². The second-order valence-corrected chi connectivity index (χ2v) is 7.37. The van der Waals surface area contributed by atoms with Crippen LogP contribution in [-0.2, 0) is 11.2 Å². The number of piperidine rings is 1. The number of ketones is 1. The number of nitrogens with zero attached hydrogens (tertiary/aromatic N) is 2. The molecule has 2 aromatic carbocycles. The van der Waals surface area contributed by atoms with Crippen LogP contribution in [0.5, 0.6) is 0 Å². The molecule has 1 amide bonds. The Bertz CT molecular complexity index is 958. The van der Waals surface area contributed by atoms with E-state index in [1.807, 2.05) is 65.6 Å². The predicted molar refractivity (Wildman–Crippen MR) is 110 cm³/mol. The van der Waals surface area contributed by atoms with Crippen LogP contribution in [0.4, 0.5) is 0 Å². The fourth-order valence-corrected chi connectivity index (χ4v) is 3.76. The molecule has 5 nitrogen and oxygen atoms in total. The third kappa shape index (κ3) is 4.62. The lowest BCUT2D eigenvalue weighted by molar-refractivity contribution is -0.132. The highest BCUT2D eigenvalue weighted by Crippen LogP contribution is 2.23. The second-order valence-electron chi connectivity index (χ2n) is 7.37. The lowest BCUT2D eigenvalue weighted by atomic mass is 9.89. The van der Waals surface area contributed by atoms with E-state index in [9.17, 15) is 9.59 Å². The Morgan fingerprint density at radius 3 is 2.31 bits per heavy atom. The summed E-state index contributed by atoms with van der Waals surface area (Å²) in [6.45, 7) is 1.26. The number of carbonyl (C=O) groups excluding carboxylic acids is 2. The lowest BCUT2D eigenvalue weighted by Crippen LogP contribution is -2.40. The van der Waals surface area contributed by atoms with Crippen LogP contribution in [0.15, 0.2) is 71.3 Å². The number of aromatic nitrogens is 1. The van der Waals surface area contributed by atoms with Gasteiger partial charge in [-0.05, 0) is 12.8 Å². The maximum Gasteiger partial charge on any atom is 0.223 e. The van der Waals surface area contributed by atoms with E-state index >= 15 is 0 Å². The van der Waals surface area contributed by atoms with Gasteiger partial charge in [-0.2, -0.15) is 0 Å². The largest absolute Gasteiger partial charge is 0.441 e. The second kappa shape index (κ2) is 8.86. The number of amides is 1. The minimum Gasteiger partial charge on any atom is -0.441 e. The van der Waals surface area contributed by atoms with Gasteiger partial charge >= 0.3 is 0 Å². The fourth-order valence-electron chi connectivity index (χ4n) is 3.76. The number of likely N-dealkylation sites (tertiary alicyclic amines) is 1. The van der Waals surface area contributed by atoms with Gasteiger partial charge in [0.15, 0.2) is 17.4 Å². The molecule has 0 atom stereocenters. The minimum atomic E-state index is 0.00150. The van der Waals surface area contributed by atoms with E-state index in [1.165, 1.54) is 0 Å². The molecule has 29 heavy (non-hydrogen) atoms. The number of hydrogen-bond acceptors (Lipinski definition) is 4. The SMILES string of the molecule is O=C(c1ccccc1)C1CCN(C(=O)CCc2ncc(-c3ccccc3)o2)CC1. The van der Waals surface area contributed by atoms with Crippen LogP contribution < -0.4 is 0 Å². The van der Waals surface area contributed by atoms with Crippen LogP contribution >= 0.6 is 0 Å². The number of Topliss-reactive ketones (excluding diaryl/α,β-unsaturated/α-hetero) is 1. The molecule has 0 N–H and O–H groups in total. The van der Waals surface area contributed by atoms with E-state index in [4.69, 9.17) is 4.42 Å². The molecule has 3 aromatic rings. The number of carbonyl (C=O) groups is 2. The van der Waals surface area contributed by atoms with Gasteiger partial charge in [0.05, 0.1) is 6.20 Å². The first-order valence-electron chi connectivity index (χ1n) is 10.1. The van der Waals surface area contributed by atoms with E-state index in [0.717, 1.165) is 24.0 Å². The minimum absolute atomic E-state index is 0.00150. The highest BCUT2D eigenvalue weighted by atomic mass is 16.4. The average molecular weight is 388 g/mol. The van der Waals surface area contributed by atoms with Crippen LogP contribution in [0.2, 0.25) is 0 Å². The van der Waals surface area contributed by atoms with Crippen molar-refractivity contribution >= 4 is 11.7 Å². The molecule has 1 aliphatic rings.